The van der Waals surface area contributed by atoms with Gasteiger partial charge in [0.2, 0.25) is 5.91 Å². The number of amides is 1. The van der Waals surface area contributed by atoms with Gasteiger partial charge in [0, 0.05) is 6.92 Å². The number of aliphatic hydroxyl groups is 8. The summed E-state index contributed by atoms with van der Waals surface area (Å²) in [7, 11) is 0. The first kappa shape index (κ1) is 25.8. The fourth-order valence-corrected chi connectivity index (χ4v) is 3.40. The van der Waals surface area contributed by atoms with E-state index in [-0.39, 0.29) is 0 Å². The van der Waals surface area contributed by atoms with E-state index < -0.39 is 92.0 Å². The average molecular weight is 457 g/mol. The highest BCUT2D eigenvalue weighted by Crippen LogP contribution is 2.34. The minimum atomic E-state index is -3.09. The van der Waals surface area contributed by atoms with Crippen molar-refractivity contribution in [2.24, 2.45) is 0 Å². The number of hydrogen-bond acceptors (Lipinski definition) is 13. The average Bonchev–Trinajstić information content (AvgIpc) is 2.71. The molecule has 2 aliphatic heterocycles. The summed E-state index contributed by atoms with van der Waals surface area (Å²) in [6.07, 6.45) is -17.3. The smallest absolute Gasteiger partial charge is 0.367 e. The lowest BCUT2D eigenvalue weighted by Gasteiger charge is -2.47. The minimum absolute atomic E-state index is 0.641. The Balaban J connectivity index is 2.21. The molecule has 2 rings (SSSR count). The maximum absolute atomic E-state index is 11.9. The van der Waals surface area contributed by atoms with Crippen LogP contribution >= 0.6 is 0 Å². The molecule has 2 saturated heterocycles. The number of hydrogen-bond donors (Lipinski definition) is 10. The second kappa shape index (κ2) is 9.97. The molecule has 0 aromatic carbocycles. The minimum Gasteiger partial charge on any atom is -0.477 e. The van der Waals surface area contributed by atoms with Crippen LogP contribution < -0.4 is 5.32 Å². The number of carboxylic acid groups (broad SMARTS) is 1. The largest absolute Gasteiger partial charge is 0.477 e. The summed E-state index contributed by atoms with van der Waals surface area (Å²) in [5.41, 5.74) is 0. The number of ether oxygens (including phenoxy) is 3. The van der Waals surface area contributed by atoms with Gasteiger partial charge in [-0.1, -0.05) is 0 Å². The Hall–Kier alpha value is -1.50. The van der Waals surface area contributed by atoms with Gasteiger partial charge in [0.25, 0.3) is 5.79 Å². The van der Waals surface area contributed by atoms with Crippen molar-refractivity contribution >= 4 is 11.9 Å². The molecule has 0 saturated carbocycles. The summed E-state index contributed by atoms with van der Waals surface area (Å²) in [6.45, 7) is -0.833. The summed E-state index contributed by atoms with van der Waals surface area (Å²) in [4.78, 5) is 23.0. The Bertz CT molecular complexity index is 650. The normalized spacial score (nSPS) is 44.5. The summed E-state index contributed by atoms with van der Waals surface area (Å²) in [6, 6.07) is -1.41. The van der Waals surface area contributed by atoms with E-state index in [1.54, 1.807) is 0 Å². The lowest BCUT2D eigenvalue weighted by molar-refractivity contribution is -0.368. The standard InChI is InChI=1S/C16H27NO14/c1-4(19)17-7-9(22)8(21)6(30-14(7)26)3-29-16(15(27)28)13(25)11(24)10(23)12(31-16)5(20)2-18/h5-14,18,20-26H,2-3H2,1H3,(H,17,19)(H,27,28)/t5-,6-,7-,8-,9-,10-,11+,12-,13+,14-,16-/m1/s1. The summed E-state index contributed by atoms with van der Waals surface area (Å²) >= 11 is 0. The van der Waals surface area contributed by atoms with Crippen LogP contribution in [0.25, 0.3) is 0 Å². The molecule has 0 aromatic heterocycles. The van der Waals surface area contributed by atoms with E-state index in [1.807, 2.05) is 0 Å². The SMILES string of the molecule is CC(=O)N[C@@H]1[C@@H](O)[C@H](O)[C@@H](CO[C@@]2(C(=O)O)O[C@H]([C@H](O)CO)[C@H](O)[C@H](O)[C@@H]2O)O[C@H]1O. The van der Waals surface area contributed by atoms with Gasteiger partial charge in [-0.15, -0.1) is 0 Å². The maximum Gasteiger partial charge on any atom is 0.367 e. The molecule has 2 fully saturated rings. The zero-order valence-electron chi connectivity index (χ0n) is 16.3. The van der Waals surface area contributed by atoms with Crippen LogP contribution in [0.1, 0.15) is 6.92 Å². The molecule has 0 spiro atoms. The van der Waals surface area contributed by atoms with Gasteiger partial charge in [0.05, 0.1) is 13.2 Å². The Morgan fingerprint density at radius 2 is 1.68 bits per heavy atom. The molecule has 0 aromatic rings. The maximum atomic E-state index is 11.9. The monoisotopic (exact) mass is 457 g/mol. The molecule has 0 unspecified atom stereocenters. The van der Waals surface area contributed by atoms with E-state index in [0.29, 0.717) is 0 Å². The third kappa shape index (κ3) is 4.96. The van der Waals surface area contributed by atoms with Crippen molar-refractivity contribution in [3.05, 3.63) is 0 Å². The number of aliphatic carboxylic acids is 1. The van der Waals surface area contributed by atoms with Crippen molar-refractivity contribution in [3.8, 4) is 0 Å². The first-order valence-electron chi connectivity index (χ1n) is 9.22. The summed E-state index contributed by atoms with van der Waals surface area (Å²) < 4.78 is 15.2. The summed E-state index contributed by atoms with van der Waals surface area (Å²) in [5.74, 6) is -5.73. The van der Waals surface area contributed by atoms with Gasteiger partial charge in [0.1, 0.15) is 54.9 Å². The van der Waals surface area contributed by atoms with Crippen LogP contribution in [0, 0.1) is 0 Å². The summed E-state index contributed by atoms with van der Waals surface area (Å²) in [5, 5.41) is 91.0. The van der Waals surface area contributed by atoms with Crippen LogP contribution in [0.4, 0.5) is 0 Å². The van der Waals surface area contributed by atoms with E-state index >= 15 is 0 Å². The van der Waals surface area contributed by atoms with Crippen molar-refractivity contribution in [1.82, 2.24) is 5.32 Å². The Morgan fingerprint density at radius 3 is 2.19 bits per heavy atom. The van der Waals surface area contributed by atoms with Crippen LogP contribution in [-0.2, 0) is 23.8 Å². The predicted octanol–water partition coefficient (Wildman–Crippen LogP) is -6.44. The number of rotatable bonds is 7. The van der Waals surface area contributed by atoms with E-state index in [0.717, 1.165) is 6.92 Å². The third-order valence-corrected chi connectivity index (χ3v) is 5.13. The highest BCUT2D eigenvalue weighted by atomic mass is 16.7. The lowest BCUT2D eigenvalue weighted by atomic mass is 9.90. The van der Waals surface area contributed by atoms with E-state index in [9.17, 15) is 50.4 Å². The van der Waals surface area contributed by atoms with E-state index in [2.05, 4.69) is 5.32 Å². The topological polar surface area (TPSA) is 256 Å². The van der Waals surface area contributed by atoms with Crippen LogP contribution in [0.3, 0.4) is 0 Å². The van der Waals surface area contributed by atoms with Gasteiger partial charge in [-0.3, -0.25) is 4.79 Å². The Labute approximate surface area is 175 Å². The molecule has 2 heterocycles. The van der Waals surface area contributed by atoms with Crippen LogP contribution in [-0.4, -0.2) is 138 Å². The zero-order valence-corrected chi connectivity index (χ0v) is 16.3. The third-order valence-electron chi connectivity index (χ3n) is 5.13. The second-order valence-corrected chi connectivity index (χ2v) is 7.31. The van der Waals surface area contributed by atoms with Crippen molar-refractivity contribution in [3.63, 3.8) is 0 Å². The fourth-order valence-electron chi connectivity index (χ4n) is 3.40. The Kier molecular flexibility index (Phi) is 8.28. The molecule has 0 aliphatic carbocycles. The quantitative estimate of drug-likeness (QED) is 0.171. The molecule has 1 amide bonds. The molecule has 2 aliphatic rings. The Morgan fingerprint density at radius 1 is 1.06 bits per heavy atom. The molecule has 11 atom stereocenters. The molecule has 0 bridgehead atoms. The number of carboxylic acids is 1. The zero-order chi connectivity index (χ0) is 23.7. The fraction of sp³-hybridized carbons (Fsp3) is 0.875. The van der Waals surface area contributed by atoms with Crippen molar-refractivity contribution in [2.45, 2.75) is 73.9 Å². The number of carbonyl (C=O) groups is 2. The molecular weight excluding hydrogens is 430 g/mol. The van der Waals surface area contributed by atoms with Gasteiger partial charge in [-0.05, 0) is 0 Å². The predicted molar refractivity (Wildman–Crippen MR) is 92.8 cm³/mol. The molecular formula is C16H27NO14. The van der Waals surface area contributed by atoms with E-state index in [1.165, 1.54) is 0 Å². The van der Waals surface area contributed by atoms with Gasteiger partial charge in [-0.2, -0.15) is 0 Å². The van der Waals surface area contributed by atoms with Gasteiger partial charge in [0.15, 0.2) is 6.29 Å². The van der Waals surface area contributed by atoms with Gasteiger partial charge in [-0.25, -0.2) is 4.79 Å². The molecule has 0 radical (unpaired) electrons. The highest BCUT2D eigenvalue weighted by molar-refractivity contribution is 5.77. The first-order valence-corrected chi connectivity index (χ1v) is 9.22. The van der Waals surface area contributed by atoms with E-state index in [4.69, 9.17) is 19.3 Å². The highest BCUT2D eigenvalue weighted by Gasteiger charge is 2.61. The van der Waals surface area contributed by atoms with Crippen LogP contribution in [0.15, 0.2) is 0 Å². The first-order chi connectivity index (χ1) is 14.4. The van der Waals surface area contributed by atoms with Crippen molar-refractivity contribution in [2.75, 3.05) is 13.2 Å². The van der Waals surface area contributed by atoms with Crippen LogP contribution in [0.2, 0.25) is 0 Å². The molecule has 10 N–H and O–H groups in total. The van der Waals surface area contributed by atoms with Crippen molar-refractivity contribution < 1.29 is 69.8 Å². The van der Waals surface area contributed by atoms with Crippen LogP contribution in [0.5, 0.6) is 0 Å². The molecule has 31 heavy (non-hydrogen) atoms. The van der Waals surface area contributed by atoms with Gasteiger partial charge >= 0.3 is 5.97 Å². The number of carbonyl (C=O) groups excluding carboxylic acids is 1. The molecule has 15 heteroatoms. The second-order valence-electron chi connectivity index (χ2n) is 7.31. The van der Waals surface area contributed by atoms with Crippen molar-refractivity contribution in [1.29, 1.82) is 0 Å². The number of aliphatic hydroxyl groups excluding tert-OH is 8. The van der Waals surface area contributed by atoms with Gasteiger partial charge < -0.3 is 65.5 Å². The molecule has 180 valence electrons. The number of nitrogens with one attached hydrogen (secondary N) is 1. The molecule has 15 nitrogen and oxygen atoms in total. The lowest BCUT2D eigenvalue weighted by Crippen LogP contribution is -2.71.